The summed E-state index contributed by atoms with van der Waals surface area (Å²) in [6, 6.07) is 31.0. The molecule has 2 amide bonds. The number of aromatic hydroxyl groups is 1. The third kappa shape index (κ3) is 4.56. The maximum Gasteiger partial charge on any atom is 0.238 e. The van der Waals surface area contributed by atoms with E-state index in [-0.39, 0.29) is 35.6 Å². The number of ether oxygens (including phenoxy) is 1. The number of phenols is 1. The molecule has 4 aromatic rings. The van der Waals surface area contributed by atoms with Crippen LogP contribution in [-0.4, -0.2) is 35.6 Å². The molecule has 4 aliphatic rings. The number of imide groups is 1. The lowest BCUT2D eigenvalue weighted by atomic mass is 9.44. The van der Waals surface area contributed by atoms with Gasteiger partial charge in [-0.15, -0.1) is 0 Å². The van der Waals surface area contributed by atoms with Crippen molar-refractivity contribution >= 4 is 34.6 Å². The second kappa shape index (κ2) is 12.1. The number of carbonyl (C=O) groups is 4. The number of phenolic OH excluding ortho intramolecular Hbond substituents is 1. The summed E-state index contributed by atoms with van der Waals surface area (Å²) in [5.74, 6) is -3.91. The van der Waals surface area contributed by atoms with Gasteiger partial charge in [0.25, 0.3) is 0 Å². The predicted molar refractivity (Wildman–Crippen MR) is 190 cm³/mol. The maximum absolute atomic E-state index is 15.2. The molecule has 0 bridgehead atoms. The van der Waals surface area contributed by atoms with Crippen molar-refractivity contribution in [3.05, 3.63) is 143 Å². The number of rotatable bonds is 6. The van der Waals surface area contributed by atoms with Gasteiger partial charge in [0, 0.05) is 29.0 Å². The van der Waals surface area contributed by atoms with Crippen molar-refractivity contribution in [3.63, 3.8) is 0 Å². The predicted octanol–water partition coefficient (Wildman–Crippen LogP) is 6.99. The van der Waals surface area contributed by atoms with Gasteiger partial charge in [0.1, 0.15) is 11.5 Å². The fraction of sp³-hybridized carbons (Fsp3) is 0.256. The number of hydrogen-bond acceptors (Lipinski definition) is 6. The number of fused-ring (bicyclic) bond motifs is 4. The molecule has 1 saturated carbocycles. The monoisotopic (exact) mass is 663 g/mol. The van der Waals surface area contributed by atoms with E-state index in [4.69, 9.17) is 4.74 Å². The molecule has 4 aromatic carbocycles. The first-order valence-corrected chi connectivity index (χ1v) is 17.2. The molecule has 250 valence electrons. The van der Waals surface area contributed by atoms with Crippen molar-refractivity contribution in [1.29, 1.82) is 0 Å². The highest BCUT2D eigenvalue weighted by molar-refractivity contribution is 6.32. The van der Waals surface area contributed by atoms with E-state index in [9.17, 15) is 14.7 Å². The normalized spacial score (nSPS) is 27.2. The summed E-state index contributed by atoms with van der Waals surface area (Å²) in [6.07, 6.45) is 4.91. The molecule has 1 N–H and O–H groups in total. The van der Waals surface area contributed by atoms with Crippen LogP contribution in [0, 0.1) is 23.7 Å². The van der Waals surface area contributed by atoms with Gasteiger partial charge in [0.15, 0.2) is 11.6 Å². The number of nitrogens with zero attached hydrogens (tertiary/aromatic N) is 1. The molecule has 7 heteroatoms. The molecule has 3 aliphatic carbocycles. The van der Waals surface area contributed by atoms with Crippen molar-refractivity contribution in [2.75, 3.05) is 12.0 Å². The summed E-state index contributed by atoms with van der Waals surface area (Å²) in [6.45, 7) is 2.05. The average molecular weight is 664 g/mol. The molecular weight excluding hydrogens is 626 g/mol. The Morgan fingerprint density at radius 2 is 1.54 bits per heavy atom. The Bertz CT molecular complexity index is 2100. The largest absolute Gasteiger partial charge is 0.508 e. The Morgan fingerprint density at radius 1 is 0.840 bits per heavy atom. The fourth-order valence-electron chi connectivity index (χ4n) is 9.29. The van der Waals surface area contributed by atoms with E-state index in [2.05, 4.69) is 6.92 Å². The molecular formula is C43H37NO6. The number of methoxy groups -OCH3 is 1. The van der Waals surface area contributed by atoms with Gasteiger partial charge in [0.2, 0.25) is 11.8 Å². The molecule has 7 nitrogen and oxygen atoms in total. The summed E-state index contributed by atoms with van der Waals surface area (Å²) in [4.78, 5) is 60.2. The van der Waals surface area contributed by atoms with Crippen LogP contribution in [0.3, 0.4) is 0 Å². The Kier molecular flexibility index (Phi) is 7.66. The molecule has 50 heavy (non-hydrogen) atoms. The van der Waals surface area contributed by atoms with E-state index in [0.717, 1.165) is 17.6 Å². The first-order chi connectivity index (χ1) is 24.3. The van der Waals surface area contributed by atoms with Gasteiger partial charge in [-0.2, -0.15) is 0 Å². The lowest BCUT2D eigenvalue weighted by Crippen LogP contribution is -2.58. The summed E-state index contributed by atoms with van der Waals surface area (Å²) in [5, 5.41) is 10.5. The molecule has 1 saturated heterocycles. The van der Waals surface area contributed by atoms with Crippen LogP contribution in [0.1, 0.15) is 47.9 Å². The summed E-state index contributed by atoms with van der Waals surface area (Å²) >= 11 is 0. The lowest BCUT2D eigenvalue weighted by molar-refractivity contribution is -0.135. The first kappa shape index (κ1) is 31.7. The van der Waals surface area contributed by atoms with Gasteiger partial charge in [-0.1, -0.05) is 97.4 Å². The minimum atomic E-state index is -1.38. The van der Waals surface area contributed by atoms with Gasteiger partial charge in [0.05, 0.1) is 30.0 Å². The first-order valence-electron chi connectivity index (χ1n) is 17.2. The Labute approximate surface area is 290 Å². The lowest BCUT2D eigenvalue weighted by Gasteiger charge is -2.55. The third-order valence-electron chi connectivity index (χ3n) is 11.5. The van der Waals surface area contributed by atoms with Crippen molar-refractivity contribution in [1.82, 2.24) is 0 Å². The molecule has 2 fully saturated rings. The minimum absolute atomic E-state index is 0.000402. The number of benzene rings is 4. The maximum atomic E-state index is 15.2. The average Bonchev–Trinajstić information content (AvgIpc) is 3.41. The Morgan fingerprint density at radius 3 is 2.22 bits per heavy atom. The van der Waals surface area contributed by atoms with Gasteiger partial charge >= 0.3 is 0 Å². The van der Waals surface area contributed by atoms with E-state index < -0.39 is 35.0 Å². The summed E-state index contributed by atoms with van der Waals surface area (Å²) in [5.41, 5.74) is 3.44. The van der Waals surface area contributed by atoms with Gasteiger partial charge in [-0.3, -0.25) is 24.1 Å². The van der Waals surface area contributed by atoms with Gasteiger partial charge in [-0.05, 0) is 66.1 Å². The quantitative estimate of drug-likeness (QED) is 0.176. The Hall–Kier alpha value is -5.56. The van der Waals surface area contributed by atoms with Crippen molar-refractivity contribution in [2.24, 2.45) is 23.7 Å². The van der Waals surface area contributed by atoms with Gasteiger partial charge in [-0.25, -0.2) is 0 Å². The molecule has 0 aromatic heterocycles. The highest BCUT2D eigenvalue weighted by atomic mass is 16.5. The molecule has 0 radical (unpaired) electrons. The fourth-order valence-corrected chi connectivity index (χ4v) is 9.29. The summed E-state index contributed by atoms with van der Waals surface area (Å²) in [7, 11) is 1.51. The Balaban J connectivity index is 1.36. The molecule has 8 rings (SSSR count). The third-order valence-corrected chi connectivity index (χ3v) is 11.5. The molecule has 6 atom stereocenters. The van der Waals surface area contributed by atoms with E-state index in [1.54, 1.807) is 12.1 Å². The second-order valence-electron chi connectivity index (χ2n) is 13.7. The topological polar surface area (TPSA) is 101 Å². The molecule has 0 unspecified atom stereocenters. The van der Waals surface area contributed by atoms with Crippen LogP contribution in [0.2, 0.25) is 0 Å². The molecule has 1 heterocycles. The van der Waals surface area contributed by atoms with Crippen LogP contribution in [0.4, 0.5) is 5.69 Å². The van der Waals surface area contributed by atoms with Crippen LogP contribution < -0.4 is 9.64 Å². The zero-order chi connectivity index (χ0) is 34.7. The van der Waals surface area contributed by atoms with Crippen molar-refractivity contribution < 1.29 is 29.0 Å². The molecule has 0 spiro atoms. The van der Waals surface area contributed by atoms with Crippen LogP contribution in [0.5, 0.6) is 11.5 Å². The van der Waals surface area contributed by atoms with E-state index in [1.807, 2.05) is 91.0 Å². The number of Topliss-reactive ketones (excluding diaryl/α,β-unsaturated/α-hetero) is 1. The van der Waals surface area contributed by atoms with Gasteiger partial charge < -0.3 is 9.84 Å². The van der Waals surface area contributed by atoms with E-state index in [1.165, 1.54) is 24.2 Å². The summed E-state index contributed by atoms with van der Waals surface area (Å²) < 4.78 is 5.86. The van der Waals surface area contributed by atoms with Crippen LogP contribution in [-0.2, 0) is 31.0 Å². The minimum Gasteiger partial charge on any atom is -0.508 e. The van der Waals surface area contributed by atoms with Crippen molar-refractivity contribution in [2.45, 2.75) is 37.5 Å². The number of aryl methyl sites for hydroxylation is 1. The zero-order valence-electron chi connectivity index (χ0n) is 27.9. The van der Waals surface area contributed by atoms with Crippen LogP contribution >= 0.6 is 0 Å². The molecule has 1 aliphatic heterocycles. The smallest absolute Gasteiger partial charge is 0.238 e. The second-order valence-corrected chi connectivity index (χ2v) is 13.7. The number of anilines is 1. The number of hydrogen-bond donors (Lipinski definition) is 1. The standard InChI is InChI=1S/C43H37NO6/c1-3-25-14-16-28(17-15-25)44-41(48)32-21-20-30-34(38(32)42(44)49)23-35-40(47)33(26-10-6-4-7-11-26)24-37(46)43(35,27-12-8-5-9-13-27)39(30)31-19-18-29(45)22-36(31)50-2/h4-20,22,24,32,34-35,38-39,45H,3,21,23H2,1-2H3/t32-,34+,35-,38-,39+,43-/m0/s1. The van der Waals surface area contributed by atoms with Crippen LogP contribution in [0.25, 0.3) is 5.57 Å². The number of ketones is 2. The number of carbonyl (C=O) groups excluding carboxylic acids is 4. The highest BCUT2D eigenvalue weighted by Gasteiger charge is 2.66. The van der Waals surface area contributed by atoms with E-state index >= 15 is 9.59 Å². The number of amides is 2. The zero-order valence-corrected chi connectivity index (χ0v) is 27.9. The SMILES string of the molecule is CCc1ccc(N2C(=O)[C@H]3[C@H](CC=C4[C@H]3C[C@H]3C(=O)C(c5ccccc5)=CC(=O)[C@@]3(c3ccccc3)[C@H]4c3ccc(O)cc3OC)C2=O)cc1. The highest BCUT2D eigenvalue weighted by Crippen LogP contribution is 2.64. The van der Waals surface area contributed by atoms with Crippen molar-refractivity contribution in [3.8, 4) is 11.5 Å². The van der Waals surface area contributed by atoms with E-state index in [0.29, 0.717) is 40.1 Å². The number of allylic oxidation sites excluding steroid dienone is 4. The van der Waals surface area contributed by atoms with Crippen LogP contribution in [0.15, 0.2) is 121 Å².